The van der Waals surface area contributed by atoms with Crippen molar-refractivity contribution < 1.29 is 28.5 Å². The number of hydrogen-bond donors (Lipinski definition) is 0. The molecule has 0 amide bonds. The predicted octanol–water partition coefficient (Wildman–Crippen LogP) is 3.40. The van der Waals surface area contributed by atoms with Crippen molar-refractivity contribution in [1.29, 1.82) is 5.26 Å². The fourth-order valence-corrected chi connectivity index (χ4v) is 4.36. The highest BCUT2D eigenvalue weighted by molar-refractivity contribution is 5.86. The summed E-state index contributed by atoms with van der Waals surface area (Å²) in [7, 11) is 0. The number of ether oxygens (including phenoxy) is 5. The van der Waals surface area contributed by atoms with Gasteiger partial charge in [0, 0.05) is 26.4 Å². The lowest BCUT2D eigenvalue weighted by Crippen LogP contribution is -2.85. The molecule has 1 aromatic carbocycles. The van der Waals surface area contributed by atoms with Gasteiger partial charge in [-0.3, -0.25) is 4.79 Å². The lowest BCUT2D eigenvalue weighted by atomic mass is 9.48. The molecular weight excluding hydrogens is 374 g/mol. The van der Waals surface area contributed by atoms with Gasteiger partial charge in [0.2, 0.25) is 11.2 Å². The summed E-state index contributed by atoms with van der Waals surface area (Å²) >= 11 is 0. The Hall–Kier alpha value is -1.98. The zero-order chi connectivity index (χ0) is 21.5. The minimum atomic E-state index is -1.80. The molecule has 7 heteroatoms. The fourth-order valence-electron chi connectivity index (χ4n) is 4.36. The Labute approximate surface area is 172 Å². The lowest BCUT2D eigenvalue weighted by molar-refractivity contribution is -0.499. The van der Waals surface area contributed by atoms with E-state index in [4.69, 9.17) is 23.7 Å². The summed E-state index contributed by atoms with van der Waals surface area (Å²) in [6.45, 7) is 9.92. The quantitative estimate of drug-likeness (QED) is 0.412. The first-order valence-corrected chi connectivity index (χ1v) is 10.2. The second-order valence-corrected chi connectivity index (χ2v) is 6.50. The van der Waals surface area contributed by atoms with Crippen LogP contribution >= 0.6 is 0 Å². The number of carbonyl (C=O) groups is 1. The van der Waals surface area contributed by atoms with Crippen LogP contribution in [-0.4, -0.2) is 50.6 Å². The van der Waals surface area contributed by atoms with Gasteiger partial charge in [0.15, 0.2) is 0 Å². The molecule has 0 N–H and O–H groups in total. The molecule has 29 heavy (non-hydrogen) atoms. The smallest absolute Gasteiger partial charge is 0.333 e. The van der Waals surface area contributed by atoms with Gasteiger partial charge < -0.3 is 23.7 Å². The summed E-state index contributed by atoms with van der Waals surface area (Å²) in [5, 5.41) is 10.4. The number of esters is 1. The van der Waals surface area contributed by atoms with E-state index in [-0.39, 0.29) is 33.0 Å². The average Bonchev–Trinajstić information content (AvgIpc) is 2.72. The molecule has 0 unspecified atom stereocenters. The molecule has 2 rings (SSSR count). The van der Waals surface area contributed by atoms with E-state index in [9.17, 15) is 10.1 Å². The third kappa shape index (κ3) is 3.24. The molecule has 0 radical (unpaired) electrons. The maximum Gasteiger partial charge on any atom is 0.333 e. The van der Waals surface area contributed by atoms with Gasteiger partial charge in [-0.25, -0.2) is 0 Å². The summed E-state index contributed by atoms with van der Waals surface area (Å²) in [4.78, 5) is 13.3. The van der Waals surface area contributed by atoms with Gasteiger partial charge in [-0.05, 0) is 40.2 Å². The lowest BCUT2D eigenvalue weighted by Gasteiger charge is -2.67. The largest absolute Gasteiger partial charge is 0.465 e. The topological polar surface area (TPSA) is 87.0 Å². The van der Waals surface area contributed by atoms with Crippen LogP contribution in [0.2, 0.25) is 0 Å². The molecule has 2 atom stereocenters. The van der Waals surface area contributed by atoms with Gasteiger partial charge in [0.1, 0.15) is 0 Å². The van der Waals surface area contributed by atoms with Crippen LogP contribution in [0.4, 0.5) is 0 Å². The molecule has 7 nitrogen and oxygen atoms in total. The zero-order valence-corrected chi connectivity index (χ0v) is 17.9. The number of hydrogen-bond acceptors (Lipinski definition) is 7. The molecule has 0 bridgehead atoms. The van der Waals surface area contributed by atoms with Crippen molar-refractivity contribution in [3.05, 3.63) is 35.9 Å². The third-order valence-corrected chi connectivity index (χ3v) is 5.11. The first-order valence-electron chi connectivity index (χ1n) is 10.2. The monoisotopic (exact) mass is 405 g/mol. The Kier molecular flexibility index (Phi) is 7.78. The number of benzene rings is 1. The van der Waals surface area contributed by atoms with E-state index >= 15 is 0 Å². The standard InChI is InChI=1S/C22H31NO6/c1-6-25-19(24)20(16-23)18(17-14-12-11-13-15-17)21(26-7-2,27-8-3)22(20,28-9-4)29-10-5/h11-15,18H,6-10H2,1-5H3/t18-,20-/m0/s1. The van der Waals surface area contributed by atoms with Crippen molar-refractivity contribution >= 4 is 5.97 Å². The first-order chi connectivity index (χ1) is 14.0. The molecule has 1 saturated carbocycles. The molecule has 1 fully saturated rings. The fraction of sp³-hybridized carbons (Fsp3) is 0.636. The number of rotatable bonds is 11. The van der Waals surface area contributed by atoms with Gasteiger partial charge in [-0.1, -0.05) is 30.3 Å². The molecule has 0 spiro atoms. The second kappa shape index (κ2) is 9.68. The number of carbonyl (C=O) groups excluding carboxylic acids is 1. The third-order valence-electron chi connectivity index (χ3n) is 5.11. The Morgan fingerprint density at radius 2 is 1.41 bits per heavy atom. The molecule has 1 aliphatic rings. The molecular formula is C22H31NO6. The van der Waals surface area contributed by atoms with E-state index in [0.717, 1.165) is 0 Å². The molecule has 0 saturated heterocycles. The molecule has 160 valence electrons. The maximum atomic E-state index is 13.3. The Morgan fingerprint density at radius 3 is 1.83 bits per heavy atom. The van der Waals surface area contributed by atoms with Gasteiger partial charge in [-0.2, -0.15) is 5.26 Å². The van der Waals surface area contributed by atoms with E-state index in [1.165, 1.54) is 0 Å². The predicted molar refractivity (Wildman–Crippen MR) is 106 cm³/mol. The SMILES string of the molecule is CCOC(=O)[C@]1(C#N)[C@H](c2ccccc2)C(OCC)(OCC)C1(OCC)OCC. The van der Waals surface area contributed by atoms with Crippen LogP contribution in [0.25, 0.3) is 0 Å². The maximum absolute atomic E-state index is 13.3. The van der Waals surface area contributed by atoms with E-state index in [2.05, 4.69) is 6.07 Å². The summed E-state index contributed by atoms with van der Waals surface area (Å²) in [5.74, 6) is -4.80. The van der Waals surface area contributed by atoms with Crippen LogP contribution in [-0.2, 0) is 28.5 Å². The van der Waals surface area contributed by atoms with Crippen molar-refractivity contribution in [2.24, 2.45) is 5.41 Å². The summed E-state index contributed by atoms with van der Waals surface area (Å²) in [6, 6.07) is 11.4. The minimum absolute atomic E-state index is 0.119. The molecule has 0 heterocycles. The van der Waals surface area contributed by atoms with Gasteiger partial charge in [-0.15, -0.1) is 0 Å². The van der Waals surface area contributed by atoms with Gasteiger partial charge >= 0.3 is 5.97 Å². The van der Waals surface area contributed by atoms with Crippen LogP contribution < -0.4 is 0 Å². The number of nitriles is 1. The molecule has 1 aromatic rings. The summed E-state index contributed by atoms with van der Waals surface area (Å²) < 4.78 is 29.8. The van der Waals surface area contributed by atoms with Crippen LogP contribution in [0.15, 0.2) is 30.3 Å². The molecule has 0 aromatic heterocycles. The molecule has 1 aliphatic carbocycles. The number of nitrogens with zero attached hydrogens (tertiary/aromatic N) is 1. The minimum Gasteiger partial charge on any atom is -0.465 e. The van der Waals surface area contributed by atoms with Crippen LogP contribution in [0, 0.1) is 16.7 Å². The van der Waals surface area contributed by atoms with Crippen molar-refractivity contribution in [2.75, 3.05) is 33.0 Å². The first kappa shape index (κ1) is 23.3. The highest BCUT2D eigenvalue weighted by atomic mass is 16.8. The van der Waals surface area contributed by atoms with Crippen LogP contribution in [0.3, 0.4) is 0 Å². The van der Waals surface area contributed by atoms with Crippen molar-refractivity contribution in [3.63, 3.8) is 0 Å². The van der Waals surface area contributed by atoms with Crippen molar-refractivity contribution in [2.45, 2.75) is 52.1 Å². The van der Waals surface area contributed by atoms with E-state index in [1.807, 2.05) is 44.2 Å². The van der Waals surface area contributed by atoms with E-state index < -0.39 is 28.9 Å². The average molecular weight is 405 g/mol. The Morgan fingerprint density at radius 1 is 0.897 bits per heavy atom. The zero-order valence-electron chi connectivity index (χ0n) is 17.9. The Bertz CT molecular complexity index is 704. The normalized spacial score (nSPS) is 24.3. The van der Waals surface area contributed by atoms with Crippen LogP contribution in [0.5, 0.6) is 0 Å². The van der Waals surface area contributed by atoms with E-state index in [0.29, 0.717) is 5.56 Å². The molecule has 0 aliphatic heterocycles. The Balaban J connectivity index is 2.86. The van der Waals surface area contributed by atoms with Crippen molar-refractivity contribution in [1.82, 2.24) is 0 Å². The highest BCUT2D eigenvalue weighted by Gasteiger charge is 2.90. The van der Waals surface area contributed by atoms with Gasteiger partial charge in [0.25, 0.3) is 5.79 Å². The highest BCUT2D eigenvalue weighted by Crippen LogP contribution is 2.70. The van der Waals surface area contributed by atoms with Crippen LogP contribution in [0.1, 0.15) is 46.1 Å². The second-order valence-electron chi connectivity index (χ2n) is 6.50. The summed E-state index contributed by atoms with van der Waals surface area (Å²) in [6.07, 6.45) is 0. The summed E-state index contributed by atoms with van der Waals surface area (Å²) in [5.41, 5.74) is -1.10. The van der Waals surface area contributed by atoms with Crippen molar-refractivity contribution in [3.8, 4) is 6.07 Å². The van der Waals surface area contributed by atoms with Gasteiger partial charge in [0.05, 0.1) is 18.6 Å². The van der Waals surface area contributed by atoms with E-state index in [1.54, 1.807) is 20.8 Å².